The SMILES string of the molecule is CCN(C(=O)CCNc1ccc(C#N)cc1)c1ccccc1. The highest BCUT2D eigenvalue weighted by atomic mass is 16.2. The smallest absolute Gasteiger partial charge is 0.228 e. The summed E-state index contributed by atoms with van der Waals surface area (Å²) in [7, 11) is 0. The third-order valence-corrected chi connectivity index (χ3v) is 3.37. The molecule has 4 nitrogen and oxygen atoms in total. The maximum Gasteiger partial charge on any atom is 0.228 e. The van der Waals surface area contributed by atoms with Crippen molar-refractivity contribution in [1.82, 2.24) is 0 Å². The van der Waals surface area contributed by atoms with Crippen molar-refractivity contribution in [2.24, 2.45) is 0 Å². The molecule has 0 aliphatic rings. The highest BCUT2D eigenvalue weighted by Gasteiger charge is 2.12. The number of amides is 1. The summed E-state index contributed by atoms with van der Waals surface area (Å²) in [5.41, 5.74) is 2.46. The van der Waals surface area contributed by atoms with Crippen molar-refractivity contribution in [3.05, 3.63) is 60.2 Å². The molecule has 0 spiro atoms. The lowest BCUT2D eigenvalue weighted by Crippen LogP contribution is -2.31. The molecule has 0 bridgehead atoms. The Hall–Kier alpha value is -2.80. The number of hydrogen-bond donors (Lipinski definition) is 1. The Morgan fingerprint density at radius 2 is 1.82 bits per heavy atom. The minimum Gasteiger partial charge on any atom is -0.385 e. The molecular weight excluding hydrogens is 274 g/mol. The molecule has 0 aliphatic heterocycles. The molecule has 4 heteroatoms. The molecule has 0 aliphatic carbocycles. The molecule has 1 amide bonds. The van der Waals surface area contributed by atoms with Gasteiger partial charge in [-0.15, -0.1) is 0 Å². The fourth-order valence-corrected chi connectivity index (χ4v) is 2.22. The Morgan fingerprint density at radius 3 is 2.41 bits per heavy atom. The van der Waals surface area contributed by atoms with Crippen LogP contribution >= 0.6 is 0 Å². The van der Waals surface area contributed by atoms with Crippen molar-refractivity contribution in [3.63, 3.8) is 0 Å². The first-order valence-corrected chi connectivity index (χ1v) is 7.34. The van der Waals surface area contributed by atoms with Crippen LogP contribution in [0.1, 0.15) is 18.9 Å². The van der Waals surface area contributed by atoms with Gasteiger partial charge < -0.3 is 10.2 Å². The molecule has 0 saturated carbocycles. The van der Waals surface area contributed by atoms with Gasteiger partial charge in [0.2, 0.25) is 5.91 Å². The number of nitrogens with zero attached hydrogens (tertiary/aromatic N) is 2. The van der Waals surface area contributed by atoms with Crippen molar-refractivity contribution in [2.45, 2.75) is 13.3 Å². The first-order chi connectivity index (χ1) is 10.7. The van der Waals surface area contributed by atoms with E-state index in [0.29, 0.717) is 25.1 Å². The second-order valence-electron chi connectivity index (χ2n) is 4.84. The first-order valence-electron chi connectivity index (χ1n) is 7.34. The molecule has 0 aromatic heterocycles. The van der Waals surface area contributed by atoms with Crippen LogP contribution in [0.15, 0.2) is 54.6 Å². The molecular formula is C18H19N3O. The number of carbonyl (C=O) groups excluding carboxylic acids is 1. The summed E-state index contributed by atoms with van der Waals surface area (Å²) in [6.45, 7) is 3.19. The summed E-state index contributed by atoms with van der Waals surface area (Å²) in [5.74, 6) is 0.0924. The Morgan fingerprint density at radius 1 is 1.14 bits per heavy atom. The van der Waals surface area contributed by atoms with Gasteiger partial charge in [0.25, 0.3) is 0 Å². The van der Waals surface area contributed by atoms with Gasteiger partial charge in [0.1, 0.15) is 0 Å². The van der Waals surface area contributed by atoms with E-state index in [1.807, 2.05) is 49.4 Å². The number of benzene rings is 2. The van der Waals surface area contributed by atoms with Gasteiger partial charge in [-0.05, 0) is 43.3 Å². The second kappa shape index (κ2) is 7.84. The molecule has 0 saturated heterocycles. The van der Waals surface area contributed by atoms with Crippen LogP contribution in [-0.2, 0) is 4.79 Å². The zero-order valence-electron chi connectivity index (χ0n) is 12.6. The average Bonchev–Trinajstić information content (AvgIpc) is 2.57. The molecule has 0 radical (unpaired) electrons. The number of nitrogens with one attached hydrogen (secondary N) is 1. The molecule has 2 aromatic carbocycles. The van der Waals surface area contributed by atoms with Gasteiger partial charge in [-0.2, -0.15) is 5.26 Å². The van der Waals surface area contributed by atoms with Crippen LogP contribution in [0, 0.1) is 11.3 Å². The number of carbonyl (C=O) groups is 1. The molecule has 112 valence electrons. The van der Waals surface area contributed by atoms with Crippen molar-refractivity contribution < 1.29 is 4.79 Å². The molecule has 2 rings (SSSR count). The van der Waals surface area contributed by atoms with Crippen molar-refractivity contribution in [2.75, 3.05) is 23.3 Å². The Labute approximate surface area is 131 Å². The van der Waals surface area contributed by atoms with Gasteiger partial charge in [-0.25, -0.2) is 0 Å². The van der Waals surface area contributed by atoms with E-state index in [0.717, 1.165) is 11.4 Å². The van der Waals surface area contributed by atoms with Gasteiger partial charge >= 0.3 is 0 Å². The van der Waals surface area contributed by atoms with Gasteiger partial charge in [-0.3, -0.25) is 4.79 Å². The fraction of sp³-hybridized carbons (Fsp3) is 0.222. The number of rotatable bonds is 6. The molecule has 1 N–H and O–H groups in total. The van der Waals surface area contributed by atoms with Gasteiger partial charge in [0.05, 0.1) is 11.6 Å². The van der Waals surface area contributed by atoms with Crippen molar-refractivity contribution in [3.8, 4) is 6.07 Å². The maximum atomic E-state index is 12.3. The number of anilines is 2. The van der Waals surface area contributed by atoms with Crippen LogP contribution < -0.4 is 10.2 Å². The molecule has 2 aromatic rings. The van der Waals surface area contributed by atoms with Crippen LogP contribution in [0.4, 0.5) is 11.4 Å². The lowest BCUT2D eigenvalue weighted by Gasteiger charge is -2.21. The molecule has 0 fully saturated rings. The Bertz CT molecular complexity index is 644. The van der Waals surface area contributed by atoms with Crippen LogP contribution in [0.2, 0.25) is 0 Å². The van der Waals surface area contributed by atoms with E-state index in [4.69, 9.17) is 5.26 Å². The zero-order chi connectivity index (χ0) is 15.8. The minimum atomic E-state index is 0.0924. The van der Waals surface area contributed by atoms with Crippen LogP contribution in [0.3, 0.4) is 0 Å². The average molecular weight is 293 g/mol. The van der Waals surface area contributed by atoms with Crippen molar-refractivity contribution in [1.29, 1.82) is 5.26 Å². The zero-order valence-corrected chi connectivity index (χ0v) is 12.6. The van der Waals surface area contributed by atoms with E-state index >= 15 is 0 Å². The van der Waals surface area contributed by atoms with Gasteiger partial charge in [0, 0.05) is 30.9 Å². The van der Waals surface area contributed by atoms with Crippen molar-refractivity contribution >= 4 is 17.3 Å². The predicted octanol–water partition coefficient (Wildman–Crippen LogP) is 3.41. The van der Waals surface area contributed by atoms with Gasteiger partial charge in [0.15, 0.2) is 0 Å². The molecule has 0 heterocycles. The summed E-state index contributed by atoms with van der Waals surface area (Å²) >= 11 is 0. The number of nitriles is 1. The standard InChI is InChI=1S/C18H19N3O/c1-2-21(17-6-4-3-5-7-17)18(22)12-13-20-16-10-8-15(14-19)9-11-16/h3-11,20H,2,12-13H2,1H3. The van der Waals surface area contributed by atoms with Crippen LogP contribution in [0.25, 0.3) is 0 Å². The lowest BCUT2D eigenvalue weighted by molar-refractivity contribution is -0.118. The summed E-state index contributed by atoms with van der Waals surface area (Å²) in [4.78, 5) is 14.1. The third-order valence-electron chi connectivity index (χ3n) is 3.37. The van der Waals surface area contributed by atoms with Crippen LogP contribution in [0.5, 0.6) is 0 Å². The van der Waals surface area contributed by atoms with E-state index in [1.54, 1.807) is 17.0 Å². The maximum absolute atomic E-state index is 12.3. The highest BCUT2D eigenvalue weighted by molar-refractivity contribution is 5.93. The second-order valence-corrected chi connectivity index (χ2v) is 4.84. The largest absolute Gasteiger partial charge is 0.385 e. The summed E-state index contributed by atoms with van der Waals surface area (Å²) in [6, 6.07) is 19.0. The Balaban J connectivity index is 1.87. The van der Waals surface area contributed by atoms with E-state index in [9.17, 15) is 4.79 Å². The van der Waals surface area contributed by atoms with E-state index in [1.165, 1.54) is 0 Å². The van der Waals surface area contributed by atoms with E-state index in [2.05, 4.69) is 11.4 Å². The topological polar surface area (TPSA) is 56.1 Å². The fourth-order valence-electron chi connectivity index (χ4n) is 2.22. The van der Waals surface area contributed by atoms with Gasteiger partial charge in [-0.1, -0.05) is 18.2 Å². The highest BCUT2D eigenvalue weighted by Crippen LogP contribution is 2.14. The third kappa shape index (κ3) is 4.10. The van der Waals surface area contributed by atoms with E-state index < -0.39 is 0 Å². The first kappa shape index (κ1) is 15.6. The normalized spacial score (nSPS) is 9.82. The number of para-hydroxylation sites is 1. The van der Waals surface area contributed by atoms with E-state index in [-0.39, 0.29) is 5.91 Å². The van der Waals surface area contributed by atoms with Crippen LogP contribution in [-0.4, -0.2) is 19.0 Å². The predicted molar refractivity (Wildman–Crippen MR) is 88.7 cm³/mol. The summed E-state index contributed by atoms with van der Waals surface area (Å²) in [5, 5.41) is 12.0. The monoisotopic (exact) mass is 293 g/mol. The summed E-state index contributed by atoms with van der Waals surface area (Å²) < 4.78 is 0. The number of hydrogen-bond acceptors (Lipinski definition) is 3. The lowest BCUT2D eigenvalue weighted by atomic mass is 10.2. The Kier molecular flexibility index (Phi) is 5.56. The molecule has 0 atom stereocenters. The molecule has 0 unspecified atom stereocenters. The minimum absolute atomic E-state index is 0.0924. The molecule has 22 heavy (non-hydrogen) atoms. The summed E-state index contributed by atoms with van der Waals surface area (Å²) in [6.07, 6.45) is 0.419. The quantitative estimate of drug-likeness (QED) is 0.888.